The molecule has 5 nitrogen and oxygen atoms in total. The molecule has 2 N–H and O–H groups in total. The third-order valence-corrected chi connectivity index (χ3v) is 2.86. The van der Waals surface area contributed by atoms with Crippen LogP contribution in [0.5, 0.6) is 0 Å². The van der Waals surface area contributed by atoms with Crippen molar-refractivity contribution in [2.24, 2.45) is 10.7 Å². The lowest BCUT2D eigenvalue weighted by Gasteiger charge is -2.21. The largest absolute Gasteiger partial charge is 0.385 e. The van der Waals surface area contributed by atoms with Gasteiger partial charge >= 0.3 is 6.03 Å². The summed E-state index contributed by atoms with van der Waals surface area (Å²) in [6.07, 6.45) is 0.884. The zero-order valence-electron chi connectivity index (χ0n) is 8.38. The first-order valence-electron chi connectivity index (χ1n) is 4.76. The van der Waals surface area contributed by atoms with Crippen molar-refractivity contribution < 1.29 is 4.79 Å². The van der Waals surface area contributed by atoms with Gasteiger partial charge in [-0.3, -0.25) is 0 Å². The maximum atomic E-state index is 11.5. The second-order valence-electron chi connectivity index (χ2n) is 3.33. The first-order chi connectivity index (χ1) is 7.24. The quantitative estimate of drug-likeness (QED) is 0.843. The van der Waals surface area contributed by atoms with Crippen molar-refractivity contribution in [1.82, 2.24) is 9.88 Å². The lowest BCUT2D eigenvalue weighted by Crippen LogP contribution is -2.34. The molecule has 0 radical (unpaired) electrons. The molecule has 1 aliphatic rings. The van der Waals surface area contributed by atoms with Crippen LogP contribution < -0.4 is 5.73 Å². The number of nitrogens with two attached hydrogens (primary N) is 1. The van der Waals surface area contributed by atoms with Crippen LogP contribution in [0.2, 0.25) is 0 Å². The molecule has 1 atom stereocenters. The molecule has 0 bridgehead atoms. The predicted octanol–water partition coefficient (Wildman–Crippen LogP) is 1.39. The van der Waals surface area contributed by atoms with Crippen LogP contribution in [0.25, 0.3) is 0 Å². The topological polar surface area (TPSA) is 71.6 Å². The van der Waals surface area contributed by atoms with E-state index in [1.807, 2.05) is 12.3 Å². The molecular formula is C9H12N4OS. The van der Waals surface area contributed by atoms with E-state index in [-0.39, 0.29) is 12.1 Å². The number of carbonyl (C=O) groups excluding carboxylic acids is 1. The van der Waals surface area contributed by atoms with Gasteiger partial charge < -0.3 is 10.6 Å². The summed E-state index contributed by atoms with van der Waals surface area (Å²) in [6.45, 7) is 2.67. The number of urea groups is 1. The fourth-order valence-corrected chi connectivity index (χ4v) is 2.21. The van der Waals surface area contributed by atoms with Gasteiger partial charge in [-0.1, -0.05) is 6.92 Å². The maximum Gasteiger partial charge on any atom is 0.346 e. The van der Waals surface area contributed by atoms with Gasteiger partial charge in [0.1, 0.15) is 11.9 Å². The van der Waals surface area contributed by atoms with Gasteiger partial charge in [0.25, 0.3) is 0 Å². The number of amides is 2. The molecule has 15 heavy (non-hydrogen) atoms. The molecular weight excluding hydrogens is 212 g/mol. The van der Waals surface area contributed by atoms with Crippen LogP contribution >= 0.6 is 11.3 Å². The summed E-state index contributed by atoms with van der Waals surface area (Å²) < 4.78 is 0. The molecule has 0 fully saturated rings. The van der Waals surface area contributed by atoms with Gasteiger partial charge in [0.15, 0.2) is 0 Å². The van der Waals surface area contributed by atoms with Crippen LogP contribution in [0.3, 0.4) is 0 Å². The van der Waals surface area contributed by atoms with Gasteiger partial charge in [-0.2, -0.15) is 4.99 Å². The molecule has 2 amide bonds. The highest BCUT2D eigenvalue weighted by Crippen LogP contribution is 2.26. The highest BCUT2D eigenvalue weighted by molar-refractivity contribution is 7.07. The molecule has 0 saturated carbocycles. The molecule has 1 aromatic rings. The second-order valence-corrected chi connectivity index (χ2v) is 4.05. The van der Waals surface area contributed by atoms with Crippen molar-refractivity contribution in [3.63, 3.8) is 0 Å². The Labute approximate surface area is 91.6 Å². The van der Waals surface area contributed by atoms with Crippen molar-refractivity contribution in [2.45, 2.75) is 19.4 Å². The predicted molar refractivity (Wildman–Crippen MR) is 58.9 cm³/mol. The summed E-state index contributed by atoms with van der Waals surface area (Å²) >= 11 is 1.49. The summed E-state index contributed by atoms with van der Waals surface area (Å²) in [5.41, 5.74) is 8.27. The van der Waals surface area contributed by atoms with Gasteiger partial charge in [0.2, 0.25) is 0 Å². The van der Waals surface area contributed by atoms with Gasteiger partial charge in [0.05, 0.1) is 11.2 Å². The minimum atomic E-state index is -0.260. The fraction of sp³-hybridized carbons (Fsp3) is 0.444. The third-order valence-electron chi connectivity index (χ3n) is 2.26. The lowest BCUT2D eigenvalue weighted by atomic mass is 10.2. The van der Waals surface area contributed by atoms with E-state index in [2.05, 4.69) is 9.98 Å². The highest BCUT2D eigenvalue weighted by Gasteiger charge is 2.34. The van der Waals surface area contributed by atoms with E-state index in [4.69, 9.17) is 5.73 Å². The van der Waals surface area contributed by atoms with Crippen LogP contribution in [0.1, 0.15) is 25.1 Å². The Hall–Kier alpha value is -1.43. The smallest absolute Gasteiger partial charge is 0.346 e. The van der Waals surface area contributed by atoms with Gasteiger partial charge in [-0.25, -0.2) is 9.78 Å². The Kier molecular flexibility index (Phi) is 2.68. The van der Waals surface area contributed by atoms with Gasteiger partial charge in [-0.05, 0) is 6.42 Å². The Bertz CT molecular complexity index is 387. The minimum absolute atomic E-state index is 0.257. The Morgan fingerprint density at radius 2 is 2.47 bits per heavy atom. The van der Waals surface area contributed by atoms with E-state index in [1.54, 1.807) is 10.4 Å². The molecule has 0 spiro atoms. The number of hydrogen-bond donors (Lipinski definition) is 1. The van der Waals surface area contributed by atoms with E-state index in [9.17, 15) is 4.79 Å². The number of thiazole rings is 1. The monoisotopic (exact) mass is 224 g/mol. The number of nitrogens with zero attached hydrogens (tertiary/aromatic N) is 3. The Morgan fingerprint density at radius 3 is 3.07 bits per heavy atom. The van der Waals surface area contributed by atoms with E-state index in [0.717, 1.165) is 12.1 Å². The highest BCUT2D eigenvalue weighted by atomic mass is 32.1. The summed E-state index contributed by atoms with van der Waals surface area (Å²) in [7, 11) is 0. The van der Waals surface area contributed by atoms with Crippen molar-refractivity contribution >= 4 is 23.2 Å². The molecule has 2 rings (SSSR count). The van der Waals surface area contributed by atoms with Crippen LogP contribution in [-0.2, 0) is 0 Å². The molecule has 80 valence electrons. The number of aliphatic imine (C=N–C) groups is 1. The number of carbonyl (C=O) groups is 1. The maximum absolute atomic E-state index is 11.5. The zero-order valence-corrected chi connectivity index (χ0v) is 9.20. The normalized spacial score (nSPS) is 20.9. The lowest BCUT2D eigenvalue weighted by molar-refractivity contribution is 0.206. The van der Waals surface area contributed by atoms with E-state index >= 15 is 0 Å². The van der Waals surface area contributed by atoms with Gasteiger partial charge in [-0.15, -0.1) is 11.3 Å². The van der Waals surface area contributed by atoms with Crippen molar-refractivity contribution in [1.29, 1.82) is 0 Å². The summed E-state index contributed by atoms with van der Waals surface area (Å²) in [5, 5.41) is 1.90. The second kappa shape index (κ2) is 3.98. The number of rotatable bonds is 3. The van der Waals surface area contributed by atoms with Crippen LogP contribution in [0.4, 0.5) is 4.79 Å². The summed E-state index contributed by atoms with van der Waals surface area (Å²) in [6, 6.07) is -0.518. The van der Waals surface area contributed by atoms with Crippen molar-refractivity contribution in [3.05, 3.63) is 16.6 Å². The summed E-state index contributed by atoms with van der Waals surface area (Å²) in [5.74, 6) is 0.347. The average molecular weight is 224 g/mol. The van der Waals surface area contributed by atoms with E-state index < -0.39 is 0 Å². The van der Waals surface area contributed by atoms with E-state index in [0.29, 0.717) is 12.4 Å². The molecule has 1 unspecified atom stereocenters. The van der Waals surface area contributed by atoms with Crippen LogP contribution in [0.15, 0.2) is 15.9 Å². The van der Waals surface area contributed by atoms with E-state index in [1.165, 1.54) is 11.3 Å². The van der Waals surface area contributed by atoms with Crippen LogP contribution in [0, 0.1) is 0 Å². The fourth-order valence-electron chi connectivity index (χ4n) is 1.64. The Morgan fingerprint density at radius 1 is 1.67 bits per heavy atom. The number of amidine groups is 1. The number of aromatic nitrogens is 1. The first-order valence-corrected chi connectivity index (χ1v) is 5.71. The molecule has 6 heteroatoms. The SMILES string of the molecule is CCCN1C(=O)N=C(N)C1c1cscn1. The molecule has 0 aliphatic carbocycles. The Balaban J connectivity index is 2.28. The molecule has 1 aliphatic heterocycles. The summed E-state index contributed by atoms with van der Waals surface area (Å²) in [4.78, 5) is 21.1. The first kappa shape index (κ1) is 10.1. The standard InChI is InChI=1S/C9H12N4OS/c1-2-3-13-7(6-4-15-5-11-6)8(10)12-9(13)14/h4-5,7H,2-3H2,1H3,(H2,10,12,14). The zero-order chi connectivity index (χ0) is 10.8. The minimum Gasteiger partial charge on any atom is -0.385 e. The average Bonchev–Trinajstić information content (AvgIpc) is 2.77. The molecule has 0 aromatic carbocycles. The van der Waals surface area contributed by atoms with Crippen molar-refractivity contribution in [3.8, 4) is 0 Å². The number of hydrogen-bond acceptors (Lipinski definition) is 4. The van der Waals surface area contributed by atoms with Crippen molar-refractivity contribution in [2.75, 3.05) is 6.54 Å². The molecule has 1 aromatic heterocycles. The van der Waals surface area contributed by atoms with Gasteiger partial charge in [0, 0.05) is 11.9 Å². The van der Waals surface area contributed by atoms with Crippen LogP contribution in [-0.4, -0.2) is 28.3 Å². The third kappa shape index (κ3) is 1.72. The molecule has 0 saturated heterocycles. The molecule has 2 heterocycles.